The molecule has 2 rings (SSSR count). The molecule has 1 N–H and O–H groups in total. The number of non-ortho nitro benzene ring substituents is 1. The molecule has 0 fully saturated rings. The van der Waals surface area contributed by atoms with E-state index in [2.05, 4.69) is 5.32 Å². The number of halogens is 3. The number of nitro groups is 1. The molecule has 0 spiro atoms. The monoisotopic (exact) mass is 338 g/mol. The fourth-order valence-corrected chi connectivity index (χ4v) is 1.97. The third kappa shape index (κ3) is 3.75. The highest BCUT2D eigenvalue weighted by Crippen LogP contribution is 2.34. The van der Waals surface area contributed by atoms with Crippen LogP contribution in [0.5, 0.6) is 0 Å². The van der Waals surface area contributed by atoms with E-state index in [0.29, 0.717) is 12.4 Å². The van der Waals surface area contributed by atoms with Gasteiger partial charge in [0.2, 0.25) is 0 Å². The highest BCUT2D eigenvalue weighted by atomic mass is 19.4. The number of nitrogens with one attached hydrogen (secondary N) is 1. The molecular weight excluding hydrogens is 329 g/mol. The Morgan fingerprint density at radius 2 is 1.88 bits per heavy atom. The molecule has 2 aromatic rings. The van der Waals surface area contributed by atoms with Crippen LogP contribution >= 0.6 is 0 Å². The predicted octanol–water partition coefficient (Wildman–Crippen LogP) is 3.68. The van der Waals surface area contributed by atoms with Gasteiger partial charge in [0.05, 0.1) is 16.1 Å². The van der Waals surface area contributed by atoms with E-state index in [-0.39, 0.29) is 11.3 Å². The zero-order chi connectivity index (χ0) is 17.9. The molecule has 0 bridgehead atoms. The number of nitro benzene ring substituents is 1. The van der Waals surface area contributed by atoms with Crippen molar-refractivity contribution in [2.45, 2.75) is 6.18 Å². The number of benzene rings is 2. The van der Waals surface area contributed by atoms with Crippen molar-refractivity contribution in [1.29, 1.82) is 0 Å². The first-order valence-electron chi connectivity index (χ1n) is 6.44. The van der Waals surface area contributed by atoms with E-state index < -0.39 is 33.8 Å². The van der Waals surface area contributed by atoms with Crippen molar-refractivity contribution >= 4 is 23.6 Å². The molecular formula is C15H9F3N2O4. The molecule has 0 radical (unpaired) electrons. The number of carbonyl (C=O) groups is 2. The van der Waals surface area contributed by atoms with Crippen molar-refractivity contribution in [3.8, 4) is 0 Å². The molecule has 0 atom stereocenters. The van der Waals surface area contributed by atoms with Gasteiger partial charge in [0.25, 0.3) is 11.6 Å². The molecule has 9 heteroatoms. The van der Waals surface area contributed by atoms with E-state index in [1.807, 2.05) is 0 Å². The fourth-order valence-electron chi connectivity index (χ4n) is 1.97. The Kier molecular flexibility index (Phi) is 4.63. The predicted molar refractivity (Wildman–Crippen MR) is 77.9 cm³/mol. The molecule has 0 aliphatic rings. The van der Waals surface area contributed by atoms with Crippen molar-refractivity contribution in [2.75, 3.05) is 5.32 Å². The summed E-state index contributed by atoms with van der Waals surface area (Å²) in [6.07, 6.45) is -4.42. The lowest BCUT2D eigenvalue weighted by Crippen LogP contribution is -2.19. The van der Waals surface area contributed by atoms with E-state index in [9.17, 15) is 32.9 Å². The Morgan fingerprint density at radius 1 is 1.17 bits per heavy atom. The van der Waals surface area contributed by atoms with E-state index in [1.54, 1.807) is 0 Å². The first kappa shape index (κ1) is 17.1. The third-order valence-electron chi connectivity index (χ3n) is 3.04. The van der Waals surface area contributed by atoms with Crippen molar-refractivity contribution in [3.05, 3.63) is 69.3 Å². The molecule has 124 valence electrons. The first-order chi connectivity index (χ1) is 11.2. The van der Waals surface area contributed by atoms with Crippen molar-refractivity contribution in [2.24, 2.45) is 0 Å². The van der Waals surface area contributed by atoms with Gasteiger partial charge in [-0.15, -0.1) is 0 Å². The van der Waals surface area contributed by atoms with Crippen LogP contribution in [0.4, 0.5) is 24.5 Å². The first-order valence-corrected chi connectivity index (χ1v) is 6.44. The lowest BCUT2D eigenvalue weighted by Gasteiger charge is -2.13. The highest BCUT2D eigenvalue weighted by molar-refractivity contribution is 6.05. The van der Waals surface area contributed by atoms with E-state index in [4.69, 9.17) is 0 Å². The van der Waals surface area contributed by atoms with Crippen LogP contribution < -0.4 is 5.32 Å². The van der Waals surface area contributed by atoms with Crippen molar-refractivity contribution in [1.82, 2.24) is 0 Å². The van der Waals surface area contributed by atoms with Crippen LogP contribution in [0, 0.1) is 10.1 Å². The summed E-state index contributed by atoms with van der Waals surface area (Å²) >= 11 is 0. The highest BCUT2D eigenvalue weighted by Gasteiger charge is 2.36. The van der Waals surface area contributed by atoms with Gasteiger partial charge < -0.3 is 5.32 Å². The minimum absolute atomic E-state index is 0.121. The van der Waals surface area contributed by atoms with Crippen LogP contribution in [-0.4, -0.2) is 17.1 Å². The number of hydrogen-bond donors (Lipinski definition) is 1. The summed E-state index contributed by atoms with van der Waals surface area (Å²) < 4.78 is 39.2. The Hall–Kier alpha value is -3.23. The Morgan fingerprint density at radius 3 is 2.46 bits per heavy atom. The standard InChI is InChI=1S/C15H9F3N2O4/c16-15(17,18)13-7-11(20(23)24)4-5-12(13)14(22)19-10-3-1-2-9(6-10)8-21/h1-8H,(H,19,22). The van der Waals surface area contributed by atoms with Gasteiger partial charge in [0.1, 0.15) is 6.29 Å². The van der Waals surface area contributed by atoms with E-state index in [0.717, 1.165) is 12.1 Å². The quantitative estimate of drug-likeness (QED) is 0.523. The van der Waals surface area contributed by atoms with Crippen LogP contribution in [-0.2, 0) is 6.18 Å². The summed E-state index contributed by atoms with van der Waals surface area (Å²) in [5.41, 5.74) is -2.60. The molecule has 0 heterocycles. The summed E-state index contributed by atoms with van der Waals surface area (Å²) in [6, 6.07) is 7.42. The van der Waals surface area contributed by atoms with E-state index in [1.165, 1.54) is 24.3 Å². The molecule has 0 aliphatic heterocycles. The normalized spacial score (nSPS) is 11.0. The van der Waals surface area contributed by atoms with Gasteiger partial charge in [-0.05, 0) is 18.2 Å². The largest absolute Gasteiger partial charge is 0.417 e. The topological polar surface area (TPSA) is 89.3 Å². The second kappa shape index (κ2) is 6.49. The molecule has 2 aromatic carbocycles. The number of rotatable bonds is 4. The summed E-state index contributed by atoms with van der Waals surface area (Å²) in [6.45, 7) is 0. The molecule has 0 aliphatic carbocycles. The number of amides is 1. The summed E-state index contributed by atoms with van der Waals surface area (Å²) in [7, 11) is 0. The van der Waals surface area contributed by atoms with Gasteiger partial charge >= 0.3 is 6.18 Å². The maximum absolute atomic E-state index is 13.1. The average Bonchev–Trinajstić information content (AvgIpc) is 2.53. The maximum atomic E-state index is 13.1. The van der Waals surface area contributed by atoms with Gasteiger partial charge in [-0.3, -0.25) is 19.7 Å². The second-order valence-electron chi connectivity index (χ2n) is 4.68. The number of carbonyl (C=O) groups excluding carboxylic acids is 2. The zero-order valence-electron chi connectivity index (χ0n) is 11.8. The van der Waals surface area contributed by atoms with Gasteiger partial charge in [0, 0.05) is 23.4 Å². The SMILES string of the molecule is O=Cc1cccc(NC(=O)c2ccc([N+](=O)[O-])cc2C(F)(F)F)c1. The lowest BCUT2D eigenvalue weighted by molar-refractivity contribution is -0.385. The number of aldehydes is 1. The zero-order valence-corrected chi connectivity index (χ0v) is 11.8. The van der Waals surface area contributed by atoms with Crippen molar-refractivity contribution in [3.63, 3.8) is 0 Å². The lowest BCUT2D eigenvalue weighted by atomic mass is 10.0. The van der Waals surface area contributed by atoms with Gasteiger partial charge in [-0.1, -0.05) is 12.1 Å². The van der Waals surface area contributed by atoms with Gasteiger partial charge in [-0.25, -0.2) is 0 Å². The minimum Gasteiger partial charge on any atom is -0.322 e. The Balaban J connectivity index is 2.41. The van der Waals surface area contributed by atoms with Crippen LogP contribution in [0.2, 0.25) is 0 Å². The summed E-state index contributed by atoms with van der Waals surface area (Å²) in [5, 5.41) is 12.9. The molecule has 0 unspecified atom stereocenters. The molecule has 24 heavy (non-hydrogen) atoms. The second-order valence-corrected chi connectivity index (χ2v) is 4.68. The third-order valence-corrected chi connectivity index (χ3v) is 3.04. The van der Waals surface area contributed by atoms with Crippen LogP contribution in [0.1, 0.15) is 26.3 Å². The molecule has 0 aromatic heterocycles. The van der Waals surface area contributed by atoms with Crippen LogP contribution in [0.3, 0.4) is 0 Å². The number of hydrogen-bond acceptors (Lipinski definition) is 4. The van der Waals surface area contributed by atoms with E-state index >= 15 is 0 Å². The minimum atomic E-state index is -4.94. The number of anilines is 1. The van der Waals surface area contributed by atoms with Crippen LogP contribution in [0.25, 0.3) is 0 Å². The Bertz CT molecular complexity index is 819. The van der Waals surface area contributed by atoms with Gasteiger partial charge in [0.15, 0.2) is 0 Å². The number of nitrogens with zero attached hydrogens (tertiary/aromatic N) is 1. The Labute approximate surface area is 133 Å². The smallest absolute Gasteiger partial charge is 0.322 e. The van der Waals surface area contributed by atoms with Crippen molar-refractivity contribution < 1.29 is 27.7 Å². The van der Waals surface area contributed by atoms with Crippen LogP contribution in [0.15, 0.2) is 42.5 Å². The summed E-state index contributed by atoms with van der Waals surface area (Å²) in [4.78, 5) is 32.4. The summed E-state index contributed by atoms with van der Waals surface area (Å²) in [5.74, 6) is -1.10. The molecule has 0 saturated carbocycles. The fraction of sp³-hybridized carbons (Fsp3) is 0.0667. The molecule has 6 nitrogen and oxygen atoms in total. The van der Waals surface area contributed by atoms with Gasteiger partial charge in [-0.2, -0.15) is 13.2 Å². The number of alkyl halides is 3. The average molecular weight is 338 g/mol. The maximum Gasteiger partial charge on any atom is 0.417 e. The molecule has 0 saturated heterocycles. The molecule has 1 amide bonds.